The maximum absolute atomic E-state index is 9.84. The Bertz CT molecular complexity index is 525. The number of carboxylic acid groups (broad SMARTS) is 1. The third-order valence-corrected chi connectivity index (χ3v) is 2.16. The fourth-order valence-electron chi connectivity index (χ4n) is 1.25. The van der Waals surface area contributed by atoms with Gasteiger partial charge in [-0.3, -0.25) is 0 Å². The Balaban J connectivity index is 0.000000134. The van der Waals surface area contributed by atoms with Crippen LogP contribution in [0, 0.1) is 10.4 Å². The van der Waals surface area contributed by atoms with Crippen molar-refractivity contribution in [2.45, 2.75) is 0 Å². The summed E-state index contributed by atoms with van der Waals surface area (Å²) in [5.41, 5.74) is 0. The molecule has 80 valence electrons. The number of para-hydroxylation sites is 1. The first-order chi connectivity index (χ1) is 7.75. The van der Waals surface area contributed by atoms with E-state index in [1.165, 1.54) is 22.6 Å². The van der Waals surface area contributed by atoms with Gasteiger partial charge in [0.15, 0.2) is 0 Å². The van der Waals surface area contributed by atoms with Crippen LogP contribution in [0.1, 0.15) is 0 Å². The van der Waals surface area contributed by atoms with Gasteiger partial charge in [-0.25, -0.2) is 0 Å². The van der Waals surface area contributed by atoms with E-state index in [1.807, 2.05) is 0 Å². The van der Waals surface area contributed by atoms with Gasteiger partial charge in [-0.05, 0) is 22.6 Å². The molecule has 0 amide bonds. The predicted octanol–water partition coefficient (Wildman–Crippen LogP) is 1.70. The second-order valence-corrected chi connectivity index (χ2v) is 3.24. The second-order valence-electron chi connectivity index (χ2n) is 3.24. The summed E-state index contributed by atoms with van der Waals surface area (Å²) in [4.78, 5) is 9.84. The molecule has 3 rings (SSSR count). The van der Waals surface area contributed by atoms with E-state index in [4.69, 9.17) is 0 Å². The van der Waals surface area contributed by atoms with Crippen LogP contribution in [-0.4, -0.2) is 6.16 Å². The molecule has 2 aliphatic carbocycles. The normalized spacial score (nSPS) is 9.75. The maximum atomic E-state index is 9.84. The van der Waals surface area contributed by atoms with Crippen molar-refractivity contribution in [1.82, 2.24) is 0 Å². The topological polar surface area (TPSA) is 49.4 Å². The molecule has 0 spiro atoms. The van der Waals surface area contributed by atoms with Gasteiger partial charge in [0.25, 0.3) is 6.16 Å². The lowest BCUT2D eigenvalue weighted by molar-refractivity contribution is -0.271. The molecule has 0 saturated heterocycles. The fraction of sp³-hybridized carbons (Fsp3) is 0. The number of benzene rings is 2. The monoisotopic (exact) mass is 213 g/mol. The van der Waals surface area contributed by atoms with Crippen LogP contribution in [0.15, 0.2) is 54.6 Å². The summed E-state index contributed by atoms with van der Waals surface area (Å²) < 4.78 is 4.22. The fourth-order valence-corrected chi connectivity index (χ4v) is 1.25. The van der Waals surface area contributed by atoms with E-state index in [-0.39, 0.29) is 5.75 Å². The van der Waals surface area contributed by atoms with Crippen molar-refractivity contribution in [2.24, 2.45) is 0 Å². The van der Waals surface area contributed by atoms with Gasteiger partial charge in [0.1, 0.15) is 0 Å². The van der Waals surface area contributed by atoms with E-state index in [1.54, 1.807) is 18.2 Å². The minimum Gasteiger partial charge on any atom is -0.514 e. The van der Waals surface area contributed by atoms with Crippen LogP contribution in [0.4, 0.5) is 4.79 Å². The first-order valence-corrected chi connectivity index (χ1v) is 4.80. The van der Waals surface area contributed by atoms with E-state index in [0.717, 1.165) is 0 Å². The smallest absolute Gasteiger partial charge is 0.257 e. The zero-order valence-corrected chi connectivity index (χ0v) is 8.42. The van der Waals surface area contributed by atoms with E-state index < -0.39 is 6.16 Å². The van der Waals surface area contributed by atoms with Gasteiger partial charge in [0.2, 0.25) is 0 Å². The van der Waals surface area contributed by atoms with Crippen molar-refractivity contribution in [2.75, 3.05) is 0 Å². The summed E-state index contributed by atoms with van der Waals surface area (Å²) in [7, 11) is 0. The number of hydrogen-bond donors (Lipinski definition) is 0. The molecule has 0 atom stereocenters. The number of carbonyl (C=O) groups excluding carboxylic acids is 1. The Morgan fingerprint density at radius 3 is 1.69 bits per heavy atom. The number of rotatable bonds is 1. The summed E-state index contributed by atoms with van der Waals surface area (Å²) in [6.07, 6.45) is -1.54. The molecule has 1 aromatic carbocycles. The van der Waals surface area contributed by atoms with Crippen LogP contribution >= 0.6 is 0 Å². The first kappa shape index (κ1) is 10.2. The van der Waals surface area contributed by atoms with Crippen molar-refractivity contribution in [3.8, 4) is 5.75 Å². The lowest BCUT2D eigenvalue weighted by atomic mass is 10.1. The van der Waals surface area contributed by atoms with E-state index in [9.17, 15) is 9.90 Å². The molecule has 1 aromatic rings. The first-order valence-electron chi connectivity index (χ1n) is 4.80. The predicted molar refractivity (Wildman–Crippen MR) is 56.6 cm³/mol. The third kappa shape index (κ3) is 2.39. The van der Waals surface area contributed by atoms with Gasteiger partial charge in [-0.1, -0.05) is 42.5 Å². The molecule has 2 aliphatic rings. The van der Waals surface area contributed by atoms with Crippen molar-refractivity contribution in [3.05, 3.63) is 65.0 Å². The summed E-state index contributed by atoms with van der Waals surface area (Å²) >= 11 is 0. The Morgan fingerprint density at radius 2 is 1.38 bits per heavy atom. The lowest BCUT2D eigenvalue weighted by Gasteiger charge is -2.05. The van der Waals surface area contributed by atoms with Gasteiger partial charge in [-0.2, -0.15) is 0 Å². The summed E-state index contributed by atoms with van der Waals surface area (Å²) in [5.74, 6) is 0.280. The van der Waals surface area contributed by atoms with Crippen molar-refractivity contribution in [1.29, 1.82) is 0 Å². The molecule has 3 nitrogen and oxygen atoms in total. The quantitative estimate of drug-likeness (QED) is 0.456. The lowest BCUT2D eigenvalue weighted by Crippen LogP contribution is -2.26. The SMILES string of the molecule is O=C([O-])Oc1ccccc1.c1cc2ccc1=2. The zero-order chi connectivity index (χ0) is 11.4. The average Bonchev–Trinajstić information content (AvgIpc) is 2.25. The van der Waals surface area contributed by atoms with Crippen LogP contribution in [0.3, 0.4) is 0 Å². The Hall–Kier alpha value is -2.29. The van der Waals surface area contributed by atoms with Crippen LogP contribution in [0.25, 0.3) is 0 Å². The summed E-state index contributed by atoms with van der Waals surface area (Å²) in [5, 5.41) is 12.7. The Kier molecular flexibility index (Phi) is 2.87. The summed E-state index contributed by atoms with van der Waals surface area (Å²) in [6, 6.07) is 16.7. The van der Waals surface area contributed by atoms with Crippen LogP contribution in [0.2, 0.25) is 0 Å². The highest BCUT2D eigenvalue weighted by atomic mass is 16.7. The molecular formula is C13H9O3-. The van der Waals surface area contributed by atoms with Gasteiger partial charge in [0.05, 0.1) is 5.75 Å². The molecule has 0 heterocycles. The van der Waals surface area contributed by atoms with Crippen molar-refractivity contribution >= 4 is 6.16 Å². The molecule has 0 N–H and O–H groups in total. The molecule has 0 fully saturated rings. The standard InChI is InChI=1S/C7H6O3.C6H4/c8-7(9)10-6-4-2-1-3-5-6;1-2-6-4-3-5(1)6/h1-5H,(H,8,9);1-4H/p-1. The Morgan fingerprint density at radius 1 is 0.875 bits per heavy atom. The molecule has 0 saturated carbocycles. The van der Waals surface area contributed by atoms with Gasteiger partial charge >= 0.3 is 0 Å². The highest BCUT2D eigenvalue weighted by molar-refractivity contribution is 5.58. The van der Waals surface area contributed by atoms with Crippen LogP contribution in [0.5, 0.6) is 5.75 Å². The van der Waals surface area contributed by atoms with Gasteiger partial charge < -0.3 is 14.6 Å². The number of carbonyl (C=O) groups is 1. The largest absolute Gasteiger partial charge is 0.514 e. The Labute approximate surface area is 92.2 Å². The number of hydrogen-bond acceptors (Lipinski definition) is 3. The van der Waals surface area contributed by atoms with Gasteiger partial charge in [-0.15, -0.1) is 0 Å². The van der Waals surface area contributed by atoms with E-state index >= 15 is 0 Å². The second kappa shape index (κ2) is 4.49. The average molecular weight is 213 g/mol. The van der Waals surface area contributed by atoms with Crippen molar-refractivity contribution in [3.63, 3.8) is 0 Å². The third-order valence-electron chi connectivity index (χ3n) is 2.16. The molecule has 0 radical (unpaired) electrons. The highest BCUT2D eigenvalue weighted by Gasteiger charge is 1.88. The van der Waals surface area contributed by atoms with Crippen LogP contribution in [-0.2, 0) is 0 Å². The van der Waals surface area contributed by atoms with Crippen molar-refractivity contribution < 1.29 is 14.6 Å². The molecule has 0 unspecified atom stereocenters. The number of ether oxygens (including phenoxy) is 1. The van der Waals surface area contributed by atoms with E-state index in [2.05, 4.69) is 29.0 Å². The zero-order valence-electron chi connectivity index (χ0n) is 8.42. The van der Waals surface area contributed by atoms with Crippen LogP contribution < -0.4 is 9.84 Å². The maximum Gasteiger partial charge on any atom is 0.257 e. The molecular weight excluding hydrogens is 204 g/mol. The van der Waals surface area contributed by atoms with E-state index in [0.29, 0.717) is 0 Å². The molecule has 0 aliphatic heterocycles. The minimum atomic E-state index is -1.54. The molecule has 3 heteroatoms. The highest BCUT2D eigenvalue weighted by Crippen LogP contribution is 2.07. The molecule has 0 aromatic heterocycles. The molecule has 16 heavy (non-hydrogen) atoms. The minimum absolute atomic E-state index is 0.280. The van der Waals surface area contributed by atoms with Gasteiger partial charge in [0, 0.05) is 0 Å². The summed E-state index contributed by atoms with van der Waals surface area (Å²) in [6.45, 7) is 0. The molecule has 0 bridgehead atoms.